The van der Waals surface area contributed by atoms with Crippen molar-refractivity contribution in [1.82, 2.24) is 15.2 Å². The first-order valence-electron chi connectivity index (χ1n) is 6.79. The number of aromatic nitrogens is 3. The van der Waals surface area contributed by atoms with Gasteiger partial charge in [0.2, 0.25) is 5.95 Å². The fourth-order valence-corrected chi connectivity index (χ4v) is 2.46. The Kier molecular flexibility index (Phi) is 4.29. The van der Waals surface area contributed by atoms with Gasteiger partial charge in [0.15, 0.2) is 0 Å². The van der Waals surface area contributed by atoms with Crippen molar-refractivity contribution >= 4 is 5.95 Å². The normalized spacial score (nSPS) is 16.4. The second-order valence-electron chi connectivity index (χ2n) is 4.77. The number of nitrogens with one attached hydrogen (secondary N) is 1. The third kappa shape index (κ3) is 3.14. The van der Waals surface area contributed by atoms with Crippen molar-refractivity contribution < 1.29 is 0 Å². The van der Waals surface area contributed by atoms with Crippen LogP contribution >= 0.6 is 0 Å². The van der Waals surface area contributed by atoms with Crippen LogP contribution in [-0.4, -0.2) is 21.7 Å². The van der Waals surface area contributed by atoms with Crippen molar-refractivity contribution in [2.45, 2.75) is 52.4 Å². The molecule has 1 aliphatic rings. The molecule has 0 aromatic carbocycles. The van der Waals surface area contributed by atoms with Gasteiger partial charge in [-0.25, -0.2) is 4.98 Å². The molecule has 0 unspecified atom stereocenters. The van der Waals surface area contributed by atoms with E-state index in [9.17, 15) is 0 Å². The average molecular weight is 234 g/mol. The molecule has 4 nitrogen and oxygen atoms in total. The molecule has 0 bridgehead atoms. The van der Waals surface area contributed by atoms with E-state index in [-0.39, 0.29) is 0 Å². The molecule has 2 rings (SSSR count). The summed E-state index contributed by atoms with van der Waals surface area (Å²) in [6, 6.07) is 0. The second-order valence-corrected chi connectivity index (χ2v) is 4.77. The summed E-state index contributed by atoms with van der Waals surface area (Å²) in [6.07, 6.45) is 7.27. The van der Waals surface area contributed by atoms with Gasteiger partial charge in [-0.1, -0.05) is 26.7 Å². The Hall–Kier alpha value is -1.19. The zero-order valence-electron chi connectivity index (χ0n) is 10.9. The van der Waals surface area contributed by atoms with E-state index in [1.165, 1.54) is 25.7 Å². The monoisotopic (exact) mass is 234 g/mol. The van der Waals surface area contributed by atoms with Crippen LogP contribution < -0.4 is 5.32 Å². The summed E-state index contributed by atoms with van der Waals surface area (Å²) in [5.41, 5.74) is 2.11. The Bertz CT molecular complexity index is 358. The lowest BCUT2D eigenvalue weighted by atomic mass is 10.1. The molecule has 94 valence electrons. The maximum absolute atomic E-state index is 4.54. The SMILES string of the molecule is CCc1nnc(NCC2CCCC2)nc1CC. The first kappa shape index (κ1) is 12.3. The predicted molar refractivity (Wildman–Crippen MR) is 69.0 cm³/mol. The van der Waals surface area contributed by atoms with Crippen LogP contribution in [0.2, 0.25) is 0 Å². The van der Waals surface area contributed by atoms with Crippen LogP contribution in [0.5, 0.6) is 0 Å². The quantitative estimate of drug-likeness (QED) is 0.850. The van der Waals surface area contributed by atoms with Crippen LogP contribution in [0.3, 0.4) is 0 Å². The molecule has 1 heterocycles. The van der Waals surface area contributed by atoms with Crippen LogP contribution in [0.4, 0.5) is 5.95 Å². The van der Waals surface area contributed by atoms with Crippen LogP contribution in [0.25, 0.3) is 0 Å². The Labute approximate surface area is 103 Å². The van der Waals surface area contributed by atoms with Gasteiger partial charge < -0.3 is 5.32 Å². The lowest BCUT2D eigenvalue weighted by molar-refractivity contribution is 0.576. The molecule has 0 aliphatic heterocycles. The molecule has 0 spiro atoms. The zero-order chi connectivity index (χ0) is 12.1. The molecule has 1 N–H and O–H groups in total. The average Bonchev–Trinajstić information content (AvgIpc) is 2.89. The minimum Gasteiger partial charge on any atom is -0.353 e. The number of rotatable bonds is 5. The van der Waals surface area contributed by atoms with E-state index in [0.717, 1.165) is 36.7 Å². The van der Waals surface area contributed by atoms with E-state index in [1.54, 1.807) is 0 Å². The van der Waals surface area contributed by atoms with Crippen LogP contribution in [0, 0.1) is 5.92 Å². The van der Waals surface area contributed by atoms with Crippen molar-refractivity contribution in [3.05, 3.63) is 11.4 Å². The highest BCUT2D eigenvalue weighted by Crippen LogP contribution is 2.24. The Morgan fingerprint density at radius 2 is 1.76 bits per heavy atom. The molecule has 1 aromatic heterocycles. The highest BCUT2D eigenvalue weighted by Gasteiger charge is 2.15. The topological polar surface area (TPSA) is 50.7 Å². The minimum atomic E-state index is 0.700. The van der Waals surface area contributed by atoms with Crippen LogP contribution in [0.1, 0.15) is 50.9 Å². The second kappa shape index (κ2) is 5.94. The van der Waals surface area contributed by atoms with Crippen molar-refractivity contribution in [1.29, 1.82) is 0 Å². The molecule has 4 heteroatoms. The van der Waals surface area contributed by atoms with Crippen molar-refractivity contribution in [2.24, 2.45) is 5.92 Å². The summed E-state index contributed by atoms with van der Waals surface area (Å²) < 4.78 is 0. The maximum Gasteiger partial charge on any atom is 0.242 e. The number of hydrogen-bond acceptors (Lipinski definition) is 4. The smallest absolute Gasteiger partial charge is 0.242 e. The fourth-order valence-electron chi connectivity index (χ4n) is 2.46. The molecule has 1 aromatic rings. The van der Waals surface area contributed by atoms with Crippen LogP contribution in [-0.2, 0) is 12.8 Å². The summed E-state index contributed by atoms with van der Waals surface area (Å²) in [7, 11) is 0. The first-order valence-corrected chi connectivity index (χ1v) is 6.79. The number of hydrogen-bond donors (Lipinski definition) is 1. The van der Waals surface area contributed by atoms with E-state index in [4.69, 9.17) is 0 Å². The zero-order valence-corrected chi connectivity index (χ0v) is 10.9. The molecule has 1 aliphatic carbocycles. The van der Waals surface area contributed by atoms with Gasteiger partial charge in [0.05, 0.1) is 11.4 Å². The summed E-state index contributed by atoms with van der Waals surface area (Å²) in [6.45, 7) is 5.21. The Morgan fingerprint density at radius 1 is 1.06 bits per heavy atom. The number of aryl methyl sites for hydroxylation is 2. The summed E-state index contributed by atoms with van der Waals surface area (Å²) >= 11 is 0. The van der Waals surface area contributed by atoms with Gasteiger partial charge in [-0.3, -0.25) is 0 Å². The van der Waals surface area contributed by atoms with Crippen molar-refractivity contribution in [2.75, 3.05) is 11.9 Å². The number of anilines is 1. The molecule has 0 atom stereocenters. The summed E-state index contributed by atoms with van der Waals surface area (Å²) in [5.74, 6) is 1.50. The highest BCUT2D eigenvalue weighted by molar-refractivity contribution is 5.25. The van der Waals surface area contributed by atoms with Crippen LogP contribution in [0.15, 0.2) is 0 Å². The molecular formula is C13H22N4. The third-order valence-electron chi connectivity index (χ3n) is 3.53. The Balaban J connectivity index is 1.95. The summed E-state index contributed by atoms with van der Waals surface area (Å²) in [5, 5.41) is 11.7. The van der Waals surface area contributed by atoms with E-state index in [0.29, 0.717) is 5.95 Å². The van der Waals surface area contributed by atoms with Crippen molar-refractivity contribution in [3.63, 3.8) is 0 Å². The van der Waals surface area contributed by atoms with Gasteiger partial charge in [0.1, 0.15) is 0 Å². The minimum absolute atomic E-state index is 0.700. The van der Waals surface area contributed by atoms with Gasteiger partial charge in [0.25, 0.3) is 0 Å². The van der Waals surface area contributed by atoms with E-state index < -0.39 is 0 Å². The fraction of sp³-hybridized carbons (Fsp3) is 0.769. The first-order chi connectivity index (χ1) is 8.33. The largest absolute Gasteiger partial charge is 0.353 e. The molecule has 0 saturated heterocycles. The van der Waals surface area contributed by atoms with E-state index >= 15 is 0 Å². The molecular weight excluding hydrogens is 212 g/mol. The molecule has 1 fully saturated rings. The molecule has 0 radical (unpaired) electrons. The molecule has 1 saturated carbocycles. The standard InChI is InChI=1S/C13H22N4/c1-3-11-12(4-2)16-17-13(15-11)14-9-10-7-5-6-8-10/h10H,3-9H2,1-2H3,(H,14,15,17). The molecule has 17 heavy (non-hydrogen) atoms. The third-order valence-corrected chi connectivity index (χ3v) is 3.53. The molecule has 0 amide bonds. The lowest BCUT2D eigenvalue weighted by Gasteiger charge is -2.11. The van der Waals surface area contributed by atoms with Gasteiger partial charge in [-0.2, -0.15) is 5.10 Å². The highest BCUT2D eigenvalue weighted by atomic mass is 15.2. The maximum atomic E-state index is 4.54. The Morgan fingerprint density at radius 3 is 2.41 bits per heavy atom. The van der Waals surface area contributed by atoms with E-state index in [1.807, 2.05) is 0 Å². The van der Waals surface area contributed by atoms with Crippen molar-refractivity contribution in [3.8, 4) is 0 Å². The van der Waals surface area contributed by atoms with Gasteiger partial charge in [-0.15, -0.1) is 5.10 Å². The van der Waals surface area contributed by atoms with E-state index in [2.05, 4.69) is 34.3 Å². The summed E-state index contributed by atoms with van der Waals surface area (Å²) in [4.78, 5) is 4.54. The lowest BCUT2D eigenvalue weighted by Crippen LogP contribution is -2.15. The van der Waals surface area contributed by atoms with Gasteiger partial charge in [0, 0.05) is 6.54 Å². The van der Waals surface area contributed by atoms with Gasteiger partial charge in [-0.05, 0) is 31.6 Å². The predicted octanol–water partition coefficient (Wildman–Crippen LogP) is 2.60. The van der Waals surface area contributed by atoms with Gasteiger partial charge >= 0.3 is 0 Å². The number of nitrogens with zero attached hydrogens (tertiary/aromatic N) is 3.